The van der Waals surface area contributed by atoms with E-state index in [1.54, 1.807) is 31.4 Å². The minimum Gasteiger partial charge on any atom is -0.508 e. The van der Waals surface area contributed by atoms with Gasteiger partial charge in [0.1, 0.15) is 5.75 Å². The number of rotatable bonds is 3. The topological polar surface area (TPSA) is 75.3 Å². The van der Waals surface area contributed by atoms with Crippen molar-refractivity contribution in [2.45, 2.75) is 6.42 Å². The number of benzene rings is 1. The summed E-state index contributed by atoms with van der Waals surface area (Å²) in [5.74, 6) is -0.761. The fourth-order valence-electron chi connectivity index (χ4n) is 1.73. The molecule has 1 aromatic carbocycles. The minimum atomic E-state index is -0.907. The number of phenolic OH excluding ortho intramolecular Hbond substituents is 1. The van der Waals surface area contributed by atoms with E-state index in [9.17, 15) is 9.90 Å². The van der Waals surface area contributed by atoms with Crippen LogP contribution in [0.3, 0.4) is 0 Å². The van der Waals surface area contributed by atoms with Crippen LogP contribution in [0.25, 0.3) is 11.1 Å². The van der Waals surface area contributed by atoms with E-state index >= 15 is 0 Å². The van der Waals surface area contributed by atoms with Crippen LogP contribution in [0.15, 0.2) is 30.5 Å². The van der Waals surface area contributed by atoms with Gasteiger partial charge in [0.05, 0.1) is 18.3 Å². The monoisotopic (exact) mass is 232 g/mol. The van der Waals surface area contributed by atoms with Crippen molar-refractivity contribution >= 4 is 5.97 Å². The lowest BCUT2D eigenvalue weighted by Crippen LogP contribution is -2.07. The van der Waals surface area contributed by atoms with Crippen LogP contribution >= 0.6 is 0 Å². The van der Waals surface area contributed by atoms with Crippen LogP contribution in [0.5, 0.6) is 5.75 Å². The second-order valence-corrected chi connectivity index (χ2v) is 3.75. The number of aliphatic carboxylic acids is 1. The Kier molecular flexibility index (Phi) is 2.82. The van der Waals surface area contributed by atoms with Gasteiger partial charge in [0.2, 0.25) is 0 Å². The van der Waals surface area contributed by atoms with Gasteiger partial charge >= 0.3 is 5.97 Å². The van der Waals surface area contributed by atoms with Gasteiger partial charge in [-0.3, -0.25) is 9.48 Å². The lowest BCUT2D eigenvalue weighted by molar-refractivity contribution is -0.136. The molecule has 2 aromatic rings. The van der Waals surface area contributed by atoms with Crippen molar-refractivity contribution < 1.29 is 15.0 Å². The van der Waals surface area contributed by atoms with E-state index in [1.165, 1.54) is 4.68 Å². The van der Waals surface area contributed by atoms with Crippen LogP contribution in [0.2, 0.25) is 0 Å². The normalized spacial score (nSPS) is 10.4. The third-order valence-electron chi connectivity index (χ3n) is 2.54. The number of carbonyl (C=O) groups is 1. The molecule has 0 saturated heterocycles. The summed E-state index contributed by atoms with van der Waals surface area (Å²) in [6, 6.07) is 6.67. The van der Waals surface area contributed by atoms with Gasteiger partial charge in [-0.05, 0) is 17.7 Å². The molecule has 0 amide bonds. The molecule has 0 aliphatic rings. The Labute approximate surface area is 97.9 Å². The Morgan fingerprint density at radius 1 is 1.47 bits per heavy atom. The number of aromatic nitrogens is 2. The molecule has 5 heteroatoms. The molecular formula is C12H12N2O3. The second-order valence-electron chi connectivity index (χ2n) is 3.75. The number of phenols is 1. The molecule has 0 aliphatic carbocycles. The van der Waals surface area contributed by atoms with Gasteiger partial charge in [0, 0.05) is 12.6 Å². The first-order valence-electron chi connectivity index (χ1n) is 5.10. The van der Waals surface area contributed by atoms with Crippen molar-refractivity contribution in [3.05, 3.63) is 36.2 Å². The summed E-state index contributed by atoms with van der Waals surface area (Å²) in [5.41, 5.74) is 2.10. The molecule has 0 unspecified atom stereocenters. The Morgan fingerprint density at radius 3 is 2.88 bits per heavy atom. The van der Waals surface area contributed by atoms with E-state index in [2.05, 4.69) is 5.10 Å². The summed E-state index contributed by atoms with van der Waals surface area (Å²) in [4.78, 5) is 10.8. The van der Waals surface area contributed by atoms with Crippen LogP contribution in [0.4, 0.5) is 0 Å². The average molecular weight is 232 g/mol. The van der Waals surface area contributed by atoms with Crippen molar-refractivity contribution in [2.75, 3.05) is 0 Å². The molecule has 88 valence electrons. The van der Waals surface area contributed by atoms with Crippen LogP contribution in [0.1, 0.15) is 5.69 Å². The van der Waals surface area contributed by atoms with Gasteiger partial charge in [-0.2, -0.15) is 5.10 Å². The van der Waals surface area contributed by atoms with E-state index in [0.717, 1.165) is 11.1 Å². The van der Waals surface area contributed by atoms with Crippen molar-refractivity contribution in [2.24, 2.45) is 7.05 Å². The molecule has 2 N–H and O–H groups in total. The maximum absolute atomic E-state index is 10.8. The molecule has 0 atom stereocenters. The molecule has 0 saturated carbocycles. The third kappa shape index (κ3) is 2.28. The van der Waals surface area contributed by atoms with E-state index in [-0.39, 0.29) is 12.2 Å². The number of hydrogen-bond donors (Lipinski definition) is 2. The summed E-state index contributed by atoms with van der Waals surface area (Å²) in [7, 11) is 1.70. The fourth-order valence-corrected chi connectivity index (χ4v) is 1.73. The molecule has 2 rings (SSSR count). The highest BCUT2D eigenvalue weighted by Crippen LogP contribution is 2.26. The number of aromatic hydroxyl groups is 1. The fraction of sp³-hybridized carbons (Fsp3) is 0.167. The second kappa shape index (κ2) is 4.29. The predicted octanol–water partition coefficient (Wildman–Crippen LogP) is 1.42. The number of nitrogens with zero attached hydrogens (tertiary/aromatic N) is 2. The molecule has 0 bridgehead atoms. The molecule has 0 spiro atoms. The summed E-state index contributed by atoms with van der Waals surface area (Å²) < 4.78 is 1.54. The highest BCUT2D eigenvalue weighted by molar-refractivity contribution is 5.75. The van der Waals surface area contributed by atoms with Crippen molar-refractivity contribution in [3.63, 3.8) is 0 Å². The van der Waals surface area contributed by atoms with Crippen molar-refractivity contribution in [3.8, 4) is 16.9 Å². The molecule has 1 aromatic heterocycles. The van der Waals surface area contributed by atoms with Crippen molar-refractivity contribution in [1.82, 2.24) is 9.78 Å². The third-order valence-corrected chi connectivity index (χ3v) is 2.54. The van der Waals surface area contributed by atoms with E-state index in [0.29, 0.717) is 5.69 Å². The lowest BCUT2D eigenvalue weighted by atomic mass is 10.0. The first-order chi connectivity index (χ1) is 8.08. The first-order valence-corrected chi connectivity index (χ1v) is 5.10. The standard InChI is InChI=1S/C12H12N2O3/c1-14-11(6-12(16)17)10(7-13-14)8-3-2-4-9(15)5-8/h2-5,7,15H,6H2,1H3,(H,16,17). The quantitative estimate of drug-likeness (QED) is 0.839. The summed E-state index contributed by atoms with van der Waals surface area (Å²) in [6.07, 6.45) is 1.51. The number of carboxylic acid groups (broad SMARTS) is 1. The Bertz CT molecular complexity index is 561. The summed E-state index contributed by atoms with van der Waals surface area (Å²) >= 11 is 0. The number of carboxylic acids is 1. The highest BCUT2D eigenvalue weighted by atomic mass is 16.4. The molecule has 1 heterocycles. The smallest absolute Gasteiger partial charge is 0.309 e. The first kappa shape index (κ1) is 11.2. The zero-order valence-electron chi connectivity index (χ0n) is 9.29. The zero-order chi connectivity index (χ0) is 12.4. The van der Waals surface area contributed by atoms with Gasteiger partial charge in [-0.15, -0.1) is 0 Å². The molecule has 0 radical (unpaired) electrons. The Morgan fingerprint density at radius 2 is 2.24 bits per heavy atom. The van der Waals surface area contributed by atoms with Gasteiger partial charge in [-0.1, -0.05) is 12.1 Å². The zero-order valence-corrected chi connectivity index (χ0v) is 9.29. The maximum atomic E-state index is 10.8. The molecule has 0 fully saturated rings. The minimum absolute atomic E-state index is 0.0957. The van der Waals surface area contributed by atoms with E-state index < -0.39 is 5.97 Å². The largest absolute Gasteiger partial charge is 0.508 e. The Balaban J connectivity index is 2.48. The van der Waals surface area contributed by atoms with Crippen LogP contribution in [-0.4, -0.2) is 26.0 Å². The average Bonchev–Trinajstić information content (AvgIpc) is 2.60. The van der Waals surface area contributed by atoms with E-state index in [1.807, 2.05) is 6.07 Å². The lowest BCUT2D eigenvalue weighted by Gasteiger charge is -2.04. The molecular weight excluding hydrogens is 220 g/mol. The molecule has 0 aliphatic heterocycles. The number of aryl methyl sites for hydroxylation is 1. The SMILES string of the molecule is Cn1ncc(-c2cccc(O)c2)c1CC(=O)O. The Hall–Kier alpha value is -2.30. The van der Waals surface area contributed by atoms with Crippen LogP contribution in [0, 0.1) is 0 Å². The predicted molar refractivity (Wildman–Crippen MR) is 61.6 cm³/mol. The van der Waals surface area contributed by atoms with Gasteiger partial charge in [-0.25, -0.2) is 0 Å². The van der Waals surface area contributed by atoms with Crippen LogP contribution in [-0.2, 0) is 18.3 Å². The van der Waals surface area contributed by atoms with Gasteiger partial charge < -0.3 is 10.2 Å². The maximum Gasteiger partial charge on any atom is 0.309 e. The molecule has 17 heavy (non-hydrogen) atoms. The van der Waals surface area contributed by atoms with Gasteiger partial charge in [0.25, 0.3) is 0 Å². The van der Waals surface area contributed by atoms with E-state index in [4.69, 9.17) is 5.11 Å². The van der Waals surface area contributed by atoms with Gasteiger partial charge in [0.15, 0.2) is 0 Å². The highest BCUT2D eigenvalue weighted by Gasteiger charge is 2.13. The van der Waals surface area contributed by atoms with Crippen LogP contribution < -0.4 is 0 Å². The number of hydrogen-bond acceptors (Lipinski definition) is 3. The summed E-state index contributed by atoms with van der Waals surface area (Å²) in [6.45, 7) is 0. The molecule has 5 nitrogen and oxygen atoms in total. The summed E-state index contributed by atoms with van der Waals surface area (Å²) in [5, 5.41) is 22.3. The van der Waals surface area contributed by atoms with Crippen molar-refractivity contribution in [1.29, 1.82) is 0 Å².